The lowest BCUT2D eigenvalue weighted by Gasteiger charge is -2.29. The van der Waals surface area contributed by atoms with Gasteiger partial charge in [-0.15, -0.1) is 0 Å². The smallest absolute Gasteiger partial charge is 0.277 e. The maximum atomic E-state index is 11.7. The summed E-state index contributed by atoms with van der Waals surface area (Å²) in [5.41, 5.74) is 0. The predicted octanol–water partition coefficient (Wildman–Crippen LogP) is 0.102. The van der Waals surface area contributed by atoms with Crippen molar-refractivity contribution in [1.29, 1.82) is 0 Å². The van der Waals surface area contributed by atoms with Crippen LogP contribution in [0.4, 0.5) is 0 Å². The van der Waals surface area contributed by atoms with Gasteiger partial charge in [0.25, 0.3) is 10.2 Å². The van der Waals surface area contributed by atoms with Crippen LogP contribution in [0.3, 0.4) is 0 Å². The van der Waals surface area contributed by atoms with Gasteiger partial charge in [-0.1, -0.05) is 0 Å². The maximum absolute atomic E-state index is 11.7. The van der Waals surface area contributed by atoms with Gasteiger partial charge >= 0.3 is 0 Å². The van der Waals surface area contributed by atoms with Crippen LogP contribution in [0.5, 0.6) is 0 Å². The second-order valence-electron chi connectivity index (χ2n) is 5.20. The van der Waals surface area contributed by atoms with E-state index in [2.05, 4.69) is 14.8 Å². The van der Waals surface area contributed by atoms with E-state index < -0.39 is 10.2 Å². The van der Waals surface area contributed by atoms with Gasteiger partial charge in [-0.25, -0.2) is 0 Å². The Balaban J connectivity index is 1.90. The van der Waals surface area contributed by atoms with Crippen molar-refractivity contribution in [2.75, 3.05) is 0 Å². The van der Waals surface area contributed by atoms with Crippen LogP contribution < -0.4 is 14.8 Å². The fraction of sp³-hybridized carbons (Fsp3) is 1.00. The van der Waals surface area contributed by atoms with Crippen LogP contribution in [0, 0.1) is 0 Å². The Kier molecular flexibility index (Phi) is 3.53. The van der Waals surface area contributed by atoms with Crippen LogP contribution in [0.25, 0.3) is 0 Å². The van der Waals surface area contributed by atoms with Gasteiger partial charge in [-0.3, -0.25) is 0 Å². The van der Waals surface area contributed by atoms with E-state index in [9.17, 15) is 8.42 Å². The van der Waals surface area contributed by atoms with Crippen LogP contribution in [0.1, 0.15) is 39.5 Å². The quantitative estimate of drug-likeness (QED) is 0.660. The molecule has 2 heterocycles. The van der Waals surface area contributed by atoms with Crippen molar-refractivity contribution in [2.45, 2.75) is 63.7 Å². The van der Waals surface area contributed by atoms with E-state index in [0.29, 0.717) is 12.1 Å². The molecule has 2 fully saturated rings. The Labute approximate surface area is 97.6 Å². The predicted molar refractivity (Wildman–Crippen MR) is 63.3 cm³/mol. The van der Waals surface area contributed by atoms with E-state index in [1.54, 1.807) is 0 Å². The third kappa shape index (κ3) is 3.16. The van der Waals surface area contributed by atoms with E-state index in [1.807, 2.05) is 13.8 Å². The van der Waals surface area contributed by atoms with Crippen molar-refractivity contribution < 1.29 is 8.42 Å². The lowest BCUT2D eigenvalue weighted by Crippen LogP contribution is -2.51. The fourth-order valence-electron chi connectivity index (χ4n) is 2.72. The van der Waals surface area contributed by atoms with Gasteiger partial charge in [0.1, 0.15) is 0 Å². The molecule has 2 rings (SSSR count). The number of nitrogens with one attached hydrogen (secondary N) is 3. The molecule has 2 aliphatic heterocycles. The molecular weight excluding hydrogens is 226 g/mol. The molecule has 16 heavy (non-hydrogen) atoms. The van der Waals surface area contributed by atoms with E-state index in [4.69, 9.17) is 0 Å². The number of rotatable bonds is 4. The Hall–Kier alpha value is -0.170. The minimum Gasteiger partial charge on any atom is -0.311 e. The normalized spacial score (nSPS) is 34.6. The Morgan fingerprint density at radius 2 is 1.75 bits per heavy atom. The molecule has 3 N–H and O–H groups in total. The van der Waals surface area contributed by atoms with Gasteiger partial charge in [0, 0.05) is 24.2 Å². The standard InChI is InChI=1S/C10H21N3O2S/c1-7(2)12-16(14,15)13-10-5-8-3-4-9(6-10)11-8/h7-13H,3-6H2,1-2H3. The summed E-state index contributed by atoms with van der Waals surface area (Å²) < 4.78 is 28.7. The summed E-state index contributed by atoms with van der Waals surface area (Å²) in [7, 11) is -3.33. The molecular formula is C10H21N3O2S. The van der Waals surface area contributed by atoms with E-state index in [-0.39, 0.29) is 12.1 Å². The molecule has 0 aromatic heterocycles. The van der Waals surface area contributed by atoms with Crippen LogP contribution >= 0.6 is 0 Å². The zero-order chi connectivity index (χ0) is 11.8. The van der Waals surface area contributed by atoms with Crippen molar-refractivity contribution in [3.8, 4) is 0 Å². The molecule has 0 aromatic rings. The first-order valence-corrected chi connectivity index (χ1v) is 7.48. The summed E-state index contributed by atoms with van der Waals surface area (Å²) in [5, 5.41) is 3.49. The molecule has 5 nitrogen and oxygen atoms in total. The van der Waals surface area contributed by atoms with Gasteiger partial charge < -0.3 is 5.32 Å². The van der Waals surface area contributed by atoms with Crippen molar-refractivity contribution in [2.24, 2.45) is 0 Å². The van der Waals surface area contributed by atoms with Gasteiger partial charge in [0.05, 0.1) is 0 Å². The van der Waals surface area contributed by atoms with Crippen LogP contribution in [-0.2, 0) is 10.2 Å². The number of piperidine rings is 1. The molecule has 0 aromatic carbocycles. The zero-order valence-corrected chi connectivity index (χ0v) is 10.7. The fourth-order valence-corrected chi connectivity index (χ4v) is 4.04. The number of hydrogen-bond donors (Lipinski definition) is 3. The molecule has 0 spiro atoms. The topological polar surface area (TPSA) is 70.2 Å². The summed E-state index contributed by atoms with van der Waals surface area (Å²) in [5.74, 6) is 0. The summed E-state index contributed by atoms with van der Waals surface area (Å²) in [6, 6.07) is 1.04. The zero-order valence-electron chi connectivity index (χ0n) is 9.86. The minimum atomic E-state index is -3.33. The van der Waals surface area contributed by atoms with Gasteiger partial charge in [-0.05, 0) is 39.5 Å². The summed E-state index contributed by atoms with van der Waals surface area (Å²) in [4.78, 5) is 0. The molecule has 2 saturated heterocycles. The molecule has 6 heteroatoms. The third-order valence-electron chi connectivity index (χ3n) is 3.19. The largest absolute Gasteiger partial charge is 0.311 e. The molecule has 0 radical (unpaired) electrons. The Bertz CT molecular complexity index is 330. The number of hydrogen-bond acceptors (Lipinski definition) is 3. The molecule has 2 aliphatic rings. The lowest BCUT2D eigenvalue weighted by molar-refractivity contribution is 0.344. The lowest BCUT2D eigenvalue weighted by atomic mass is 10.0. The second-order valence-corrected chi connectivity index (χ2v) is 6.68. The van der Waals surface area contributed by atoms with Crippen molar-refractivity contribution in [1.82, 2.24) is 14.8 Å². The van der Waals surface area contributed by atoms with Crippen molar-refractivity contribution in [3.05, 3.63) is 0 Å². The Morgan fingerprint density at radius 3 is 2.25 bits per heavy atom. The highest BCUT2D eigenvalue weighted by Gasteiger charge is 2.35. The number of fused-ring (bicyclic) bond motifs is 2. The first-order chi connectivity index (χ1) is 7.44. The Morgan fingerprint density at radius 1 is 1.19 bits per heavy atom. The van der Waals surface area contributed by atoms with E-state index in [1.165, 1.54) is 12.8 Å². The van der Waals surface area contributed by atoms with Crippen molar-refractivity contribution >= 4 is 10.2 Å². The highest BCUT2D eigenvalue weighted by atomic mass is 32.2. The maximum Gasteiger partial charge on any atom is 0.277 e. The highest BCUT2D eigenvalue weighted by molar-refractivity contribution is 7.87. The minimum absolute atomic E-state index is 0.0593. The average molecular weight is 247 g/mol. The molecule has 94 valence electrons. The van der Waals surface area contributed by atoms with Crippen LogP contribution in [-0.4, -0.2) is 32.6 Å². The van der Waals surface area contributed by atoms with E-state index >= 15 is 0 Å². The van der Waals surface area contributed by atoms with Gasteiger partial charge in [0.15, 0.2) is 0 Å². The second kappa shape index (κ2) is 4.60. The molecule has 0 amide bonds. The summed E-state index contributed by atoms with van der Waals surface area (Å²) in [6.45, 7) is 3.65. The average Bonchev–Trinajstić information content (AvgIpc) is 2.42. The molecule has 0 aliphatic carbocycles. The third-order valence-corrected chi connectivity index (χ3v) is 4.61. The van der Waals surface area contributed by atoms with Gasteiger partial charge in [-0.2, -0.15) is 17.9 Å². The SMILES string of the molecule is CC(C)NS(=O)(=O)NC1CC2CCC(C1)N2. The first kappa shape index (κ1) is 12.3. The molecule has 0 saturated carbocycles. The summed E-state index contributed by atoms with van der Waals surface area (Å²) >= 11 is 0. The van der Waals surface area contributed by atoms with Crippen molar-refractivity contribution in [3.63, 3.8) is 0 Å². The highest BCUT2D eigenvalue weighted by Crippen LogP contribution is 2.26. The monoisotopic (exact) mass is 247 g/mol. The first-order valence-electron chi connectivity index (χ1n) is 6.00. The van der Waals surface area contributed by atoms with Crippen LogP contribution in [0.2, 0.25) is 0 Å². The molecule has 2 bridgehead atoms. The molecule has 2 atom stereocenters. The molecule has 2 unspecified atom stereocenters. The van der Waals surface area contributed by atoms with Crippen LogP contribution in [0.15, 0.2) is 0 Å². The van der Waals surface area contributed by atoms with E-state index in [0.717, 1.165) is 12.8 Å². The summed E-state index contributed by atoms with van der Waals surface area (Å²) in [6.07, 6.45) is 4.19. The van der Waals surface area contributed by atoms with Gasteiger partial charge in [0.2, 0.25) is 0 Å².